The summed E-state index contributed by atoms with van der Waals surface area (Å²) in [7, 11) is -11.2. The molecule has 0 N–H and O–H groups in total. The van der Waals surface area contributed by atoms with Crippen molar-refractivity contribution < 1.29 is 25.2 Å². The molecule has 0 fully saturated rings. The Morgan fingerprint density at radius 1 is 0.520 bits per heavy atom. The van der Waals surface area contributed by atoms with E-state index in [1.807, 2.05) is 0 Å². The first-order chi connectivity index (χ1) is 11.2. The Morgan fingerprint density at radius 3 is 0.920 bits per heavy atom. The second kappa shape index (κ2) is 11.3. The molecule has 0 nitrogen and oxygen atoms in total. The van der Waals surface area contributed by atoms with Crippen molar-refractivity contribution in [3.05, 3.63) is 0 Å². The Hall–Kier alpha value is 0.440. The fourth-order valence-electron chi connectivity index (χ4n) is 2.90. The third-order valence-electron chi connectivity index (χ3n) is 4.38. The van der Waals surface area contributed by atoms with Gasteiger partial charge in [-0.25, -0.2) is 0 Å². The van der Waals surface area contributed by atoms with Gasteiger partial charge in [0.1, 0.15) is 0 Å². The molecule has 0 bridgehead atoms. The molecule has 0 saturated carbocycles. The van der Waals surface area contributed by atoms with E-state index >= 15 is 0 Å². The van der Waals surface area contributed by atoms with E-state index < -0.39 is 15.1 Å². The second-order valence-corrected chi connectivity index (χ2v) is 13.5. The van der Waals surface area contributed by atoms with E-state index in [9.17, 15) is 25.2 Å². The summed E-state index contributed by atoms with van der Waals surface area (Å²) in [5.74, 6) is 0. The van der Waals surface area contributed by atoms with Crippen LogP contribution < -0.4 is 0 Å². The van der Waals surface area contributed by atoms with Crippen LogP contribution in [0.4, 0.5) is 25.2 Å². The van der Waals surface area contributed by atoms with Crippen molar-refractivity contribution in [2.24, 2.45) is 0 Å². The quantitative estimate of drug-likeness (QED) is 0.159. The third-order valence-corrected chi connectivity index (χ3v) is 9.52. The summed E-state index contributed by atoms with van der Waals surface area (Å²) >= 11 is 0. The fraction of sp³-hybridized carbons (Fsp3) is 1.00. The molecule has 0 amide bonds. The van der Waals surface area contributed by atoms with Gasteiger partial charge in [0.25, 0.3) is 0 Å². The van der Waals surface area contributed by atoms with Crippen LogP contribution in [-0.2, 0) is 0 Å². The molecule has 0 spiro atoms. The van der Waals surface area contributed by atoms with Gasteiger partial charge < -0.3 is 0 Å². The first-order valence-corrected chi connectivity index (χ1v) is 14.2. The van der Waals surface area contributed by atoms with Crippen molar-refractivity contribution in [2.45, 2.75) is 85.5 Å². The zero-order chi connectivity index (χ0) is 20.1. The molecule has 0 aliphatic heterocycles. The maximum atomic E-state index is 9.87. The van der Waals surface area contributed by atoms with Crippen LogP contribution in [0.1, 0.15) is 85.5 Å². The molecule has 0 aliphatic carbocycles. The average Bonchev–Trinajstić information content (AvgIpc) is 2.44. The Morgan fingerprint density at radius 2 is 0.760 bits per heavy atom. The van der Waals surface area contributed by atoms with E-state index in [0.717, 1.165) is 0 Å². The molecule has 0 aromatic heterocycles. The minimum atomic E-state index is -10.7. The number of hydrogen-bond donors (Lipinski definition) is 0. The first kappa shape index (κ1) is 27.7. The van der Waals surface area contributed by atoms with Crippen LogP contribution in [0.5, 0.6) is 0 Å². The monoisotopic (exact) mass is 418 g/mol. The summed E-state index contributed by atoms with van der Waals surface area (Å²) in [6, 6.07) is 0. The number of halogens is 6. The molecule has 8 heteroatoms. The summed E-state index contributed by atoms with van der Waals surface area (Å²) in [6.45, 7) is 9.48. The third kappa shape index (κ3) is 26.8. The standard InChI is InChI=1S/C17H38P.F6P/c1-5-9-12-15-18(8-4,16-13-10-6-2)17-14-11-7-3;1-7(2,3,4,5)6/h5-17H2,1-4H3;/q+1;-1. The van der Waals surface area contributed by atoms with Gasteiger partial charge in [-0.2, -0.15) is 0 Å². The molecule has 0 rings (SSSR count). The molecule has 0 aromatic carbocycles. The van der Waals surface area contributed by atoms with Crippen molar-refractivity contribution >= 4 is 15.1 Å². The predicted octanol–water partition coefficient (Wildman–Crippen LogP) is 9.98. The van der Waals surface area contributed by atoms with Crippen molar-refractivity contribution in [1.29, 1.82) is 0 Å². The average molecular weight is 418 g/mol. The van der Waals surface area contributed by atoms with E-state index in [-0.39, 0.29) is 0 Å². The topological polar surface area (TPSA) is 0 Å². The van der Waals surface area contributed by atoms with Gasteiger partial charge in [-0.05, 0) is 26.2 Å². The normalized spacial score (nSPS) is 15.1. The van der Waals surface area contributed by atoms with E-state index in [1.165, 1.54) is 63.9 Å². The van der Waals surface area contributed by atoms with Gasteiger partial charge >= 0.3 is 33.0 Å². The summed E-state index contributed by atoms with van der Waals surface area (Å²) in [5.41, 5.74) is 0. The van der Waals surface area contributed by atoms with Gasteiger partial charge in [-0.1, -0.05) is 59.3 Å². The summed E-state index contributed by atoms with van der Waals surface area (Å²) in [6.07, 6.45) is 19.4. The molecule has 0 unspecified atom stereocenters. The minimum absolute atomic E-state index is 0.566. The Kier molecular flexibility index (Phi) is 12.5. The molecule has 0 aliphatic rings. The van der Waals surface area contributed by atoms with Gasteiger partial charge in [0.15, 0.2) is 0 Å². The van der Waals surface area contributed by atoms with Gasteiger partial charge in [0.2, 0.25) is 0 Å². The van der Waals surface area contributed by atoms with E-state index in [1.54, 1.807) is 18.5 Å². The van der Waals surface area contributed by atoms with Crippen molar-refractivity contribution in [1.82, 2.24) is 0 Å². The van der Waals surface area contributed by atoms with Crippen LogP contribution in [0.3, 0.4) is 0 Å². The van der Waals surface area contributed by atoms with Gasteiger partial charge in [-0.15, -0.1) is 0 Å². The molecule has 0 radical (unpaired) electrons. The van der Waals surface area contributed by atoms with Crippen molar-refractivity contribution in [3.8, 4) is 0 Å². The van der Waals surface area contributed by atoms with Crippen LogP contribution >= 0.6 is 15.1 Å². The zero-order valence-corrected chi connectivity index (χ0v) is 18.1. The van der Waals surface area contributed by atoms with Crippen LogP contribution in [0.15, 0.2) is 0 Å². The van der Waals surface area contributed by atoms with Crippen molar-refractivity contribution in [2.75, 3.05) is 24.6 Å². The van der Waals surface area contributed by atoms with Crippen LogP contribution in [0, 0.1) is 0 Å². The number of rotatable bonds is 13. The Bertz CT molecular complexity index is 288. The number of unbranched alkanes of at least 4 members (excludes halogenated alkanes) is 6. The van der Waals surface area contributed by atoms with E-state index in [2.05, 4.69) is 27.7 Å². The van der Waals surface area contributed by atoms with Crippen molar-refractivity contribution in [3.63, 3.8) is 0 Å². The van der Waals surface area contributed by atoms with Crippen LogP contribution in [-0.4, -0.2) is 24.6 Å². The van der Waals surface area contributed by atoms with Crippen LogP contribution in [0.25, 0.3) is 0 Å². The summed E-state index contributed by atoms with van der Waals surface area (Å²) < 4.78 is 59.2. The second-order valence-electron chi connectivity index (χ2n) is 6.91. The Balaban J connectivity index is 0. The summed E-state index contributed by atoms with van der Waals surface area (Å²) in [5, 5.41) is 0. The molecule has 0 atom stereocenters. The summed E-state index contributed by atoms with van der Waals surface area (Å²) in [4.78, 5) is 0. The molecular formula is C17H38F6P2. The molecule has 0 heterocycles. The fourth-order valence-corrected chi connectivity index (χ4v) is 7.20. The van der Waals surface area contributed by atoms with E-state index in [4.69, 9.17) is 0 Å². The molecule has 158 valence electrons. The van der Waals surface area contributed by atoms with E-state index in [0.29, 0.717) is 0 Å². The SMILES string of the molecule is CCCCC[P+](CC)(CCCCC)CCCCC.F[P-](F)(F)(F)(F)F. The zero-order valence-electron chi connectivity index (χ0n) is 16.4. The molecule has 0 saturated heterocycles. The predicted molar refractivity (Wildman–Crippen MR) is 104 cm³/mol. The first-order valence-electron chi connectivity index (χ1n) is 9.61. The Labute approximate surface area is 151 Å². The van der Waals surface area contributed by atoms with Gasteiger partial charge in [-0.3, -0.25) is 0 Å². The van der Waals surface area contributed by atoms with Gasteiger partial charge in [0, 0.05) is 7.26 Å². The maximum absolute atomic E-state index is 10.7. The molecular weight excluding hydrogens is 380 g/mol. The van der Waals surface area contributed by atoms with Gasteiger partial charge in [0.05, 0.1) is 24.6 Å². The molecule has 25 heavy (non-hydrogen) atoms. The number of hydrogen-bond acceptors (Lipinski definition) is 0. The molecule has 0 aromatic rings. The van der Waals surface area contributed by atoms with Crippen LogP contribution in [0.2, 0.25) is 0 Å².